The molecule has 3 rings (SSSR count). The van der Waals surface area contributed by atoms with Gasteiger partial charge >= 0.3 is 0 Å². The molecule has 0 heterocycles. The van der Waals surface area contributed by atoms with Crippen molar-refractivity contribution < 1.29 is 5.11 Å². The fourth-order valence-electron chi connectivity index (χ4n) is 2.04. The maximum atomic E-state index is 10.3. The van der Waals surface area contributed by atoms with E-state index in [-0.39, 0.29) is 0 Å². The molecule has 1 radical (unpaired) electrons. The van der Waals surface area contributed by atoms with Crippen molar-refractivity contribution in [1.29, 1.82) is 0 Å². The molecule has 1 heteroatoms. The second-order valence-electron chi connectivity index (χ2n) is 3.86. The topological polar surface area (TPSA) is 20.2 Å². The van der Waals surface area contributed by atoms with E-state index in [1.807, 2.05) is 60.7 Å². The molecule has 77 valence electrons. The van der Waals surface area contributed by atoms with Crippen LogP contribution in [0, 0.1) is 6.10 Å². The van der Waals surface area contributed by atoms with Gasteiger partial charge in [-0.25, -0.2) is 0 Å². The maximum absolute atomic E-state index is 10.3. The third-order valence-corrected chi connectivity index (χ3v) is 2.87. The molecule has 1 aliphatic carbocycles. The Bertz CT molecular complexity index is 505. The van der Waals surface area contributed by atoms with Crippen molar-refractivity contribution in [1.82, 2.24) is 0 Å². The first-order valence-electron chi connectivity index (χ1n) is 5.29. The highest BCUT2D eigenvalue weighted by Gasteiger charge is 2.18. The molecule has 0 atom stereocenters. The van der Waals surface area contributed by atoms with Gasteiger partial charge in [0.1, 0.15) is 0 Å². The molecule has 2 aromatic rings. The normalized spacial score (nSPS) is 14.1. The number of hydrogen-bond acceptors (Lipinski definition) is 1. The lowest BCUT2D eigenvalue weighted by Gasteiger charge is -2.12. The van der Waals surface area contributed by atoms with Crippen LogP contribution in [0.2, 0.25) is 0 Å². The Balaban J connectivity index is 2.26. The van der Waals surface area contributed by atoms with Gasteiger partial charge in [0, 0.05) is 0 Å². The number of aliphatic hydroxyl groups is 1. The molecular formula is C15H11O. The predicted molar refractivity (Wildman–Crippen MR) is 65.2 cm³/mol. The van der Waals surface area contributed by atoms with Crippen molar-refractivity contribution >= 4 is 12.2 Å². The molecular weight excluding hydrogens is 196 g/mol. The Kier molecular flexibility index (Phi) is 2.12. The highest BCUT2D eigenvalue weighted by Crippen LogP contribution is 2.31. The van der Waals surface area contributed by atoms with Crippen LogP contribution in [0.3, 0.4) is 0 Å². The molecule has 0 amide bonds. The van der Waals surface area contributed by atoms with E-state index in [9.17, 15) is 5.11 Å². The van der Waals surface area contributed by atoms with E-state index < -0.39 is 0 Å². The largest absolute Gasteiger partial charge is 0.377 e. The zero-order chi connectivity index (χ0) is 11.0. The summed E-state index contributed by atoms with van der Waals surface area (Å²) in [6, 6.07) is 15.7. The van der Waals surface area contributed by atoms with Gasteiger partial charge in [-0.05, 0) is 22.3 Å². The molecule has 0 aromatic heterocycles. The fraction of sp³-hybridized carbons (Fsp3) is 0. The van der Waals surface area contributed by atoms with Crippen LogP contribution >= 0.6 is 0 Å². The van der Waals surface area contributed by atoms with Gasteiger partial charge in [-0.15, -0.1) is 0 Å². The summed E-state index contributed by atoms with van der Waals surface area (Å²) in [6.07, 6.45) is 4.44. The van der Waals surface area contributed by atoms with Crippen LogP contribution < -0.4 is 0 Å². The van der Waals surface area contributed by atoms with E-state index in [4.69, 9.17) is 0 Å². The van der Waals surface area contributed by atoms with Gasteiger partial charge in [0.05, 0.1) is 0 Å². The smallest absolute Gasteiger partial charge is 0.153 e. The van der Waals surface area contributed by atoms with Crippen molar-refractivity contribution in [2.24, 2.45) is 0 Å². The van der Waals surface area contributed by atoms with Crippen LogP contribution in [0.1, 0.15) is 22.3 Å². The Morgan fingerprint density at radius 1 is 0.625 bits per heavy atom. The second-order valence-corrected chi connectivity index (χ2v) is 3.86. The summed E-state index contributed by atoms with van der Waals surface area (Å²) in [4.78, 5) is 0. The highest BCUT2D eigenvalue weighted by atomic mass is 16.3. The Hall–Kier alpha value is -1.86. The number of hydrogen-bond donors (Lipinski definition) is 1. The van der Waals surface area contributed by atoms with Gasteiger partial charge in [-0.2, -0.15) is 0 Å². The van der Waals surface area contributed by atoms with Gasteiger partial charge in [0.15, 0.2) is 6.10 Å². The van der Waals surface area contributed by atoms with Gasteiger partial charge < -0.3 is 5.11 Å². The first-order chi connectivity index (χ1) is 7.86. The number of fused-ring (bicyclic) bond motifs is 2. The van der Waals surface area contributed by atoms with E-state index in [1.165, 1.54) is 0 Å². The average Bonchev–Trinajstić information content (AvgIpc) is 2.49. The molecule has 1 aliphatic rings. The Morgan fingerprint density at radius 3 is 1.56 bits per heavy atom. The molecule has 0 aliphatic heterocycles. The molecule has 0 bridgehead atoms. The quantitative estimate of drug-likeness (QED) is 0.701. The fourth-order valence-corrected chi connectivity index (χ4v) is 2.04. The minimum atomic E-state index is 0.358. The maximum Gasteiger partial charge on any atom is 0.153 e. The van der Waals surface area contributed by atoms with E-state index in [0.717, 1.165) is 22.3 Å². The molecule has 0 spiro atoms. The molecule has 2 aromatic carbocycles. The van der Waals surface area contributed by atoms with Gasteiger partial charge in [0.25, 0.3) is 0 Å². The molecule has 0 saturated carbocycles. The number of rotatable bonds is 0. The average molecular weight is 207 g/mol. The lowest BCUT2D eigenvalue weighted by atomic mass is 9.97. The molecule has 1 N–H and O–H groups in total. The SMILES string of the molecule is O[C]1c2ccccc2C=Cc2ccccc21. The van der Waals surface area contributed by atoms with E-state index in [0.29, 0.717) is 6.10 Å². The first-order valence-corrected chi connectivity index (χ1v) is 5.29. The molecule has 0 saturated heterocycles. The van der Waals surface area contributed by atoms with Crippen LogP contribution in [-0.4, -0.2) is 5.11 Å². The van der Waals surface area contributed by atoms with Crippen molar-refractivity contribution in [3.63, 3.8) is 0 Å². The first kappa shape index (κ1) is 9.37. The lowest BCUT2D eigenvalue weighted by Crippen LogP contribution is -2.02. The van der Waals surface area contributed by atoms with Gasteiger partial charge in [0.2, 0.25) is 0 Å². The minimum absolute atomic E-state index is 0.358. The second kappa shape index (κ2) is 3.62. The number of aliphatic hydroxyl groups excluding tert-OH is 1. The summed E-state index contributed by atoms with van der Waals surface area (Å²) in [7, 11) is 0. The predicted octanol–water partition coefficient (Wildman–Crippen LogP) is 3.47. The molecule has 16 heavy (non-hydrogen) atoms. The lowest BCUT2D eigenvalue weighted by molar-refractivity contribution is 0.356. The van der Waals surface area contributed by atoms with Crippen molar-refractivity contribution in [3.8, 4) is 0 Å². The van der Waals surface area contributed by atoms with E-state index in [1.54, 1.807) is 0 Å². The van der Waals surface area contributed by atoms with Crippen LogP contribution in [-0.2, 0) is 0 Å². The summed E-state index contributed by atoms with van der Waals surface area (Å²) in [5, 5.41) is 10.3. The van der Waals surface area contributed by atoms with Crippen LogP contribution in [0.5, 0.6) is 0 Å². The standard InChI is InChI=1S/C15H11O/c16-15-13-7-3-1-5-11(13)9-10-12-6-2-4-8-14(12)15/h1-10,16H. The van der Waals surface area contributed by atoms with Crippen LogP contribution in [0.15, 0.2) is 48.5 Å². The van der Waals surface area contributed by atoms with Gasteiger partial charge in [-0.3, -0.25) is 0 Å². The molecule has 1 nitrogen and oxygen atoms in total. The summed E-state index contributed by atoms with van der Waals surface area (Å²) in [5.41, 5.74) is 3.89. The zero-order valence-corrected chi connectivity index (χ0v) is 8.72. The zero-order valence-electron chi connectivity index (χ0n) is 8.72. The van der Waals surface area contributed by atoms with Crippen molar-refractivity contribution in [3.05, 3.63) is 76.9 Å². The molecule has 0 unspecified atom stereocenters. The van der Waals surface area contributed by atoms with E-state index in [2.05, 4.69) is 0 Å². The summed E-state index contributed by atoms with van der Waals surface area (Å²) < 4.78 is 0. The monoisotopic (exact) mass is 207 g/mol. The van der Waals surface area contributed by atoms with E-state index >= 15 is 0 Å². The third-order valence-electron chi connectivity index (χ3n) is 2.87. The highest BCUT2D eigenvalue weighted by molar-refractivity contribution is 5.78. The van der Waals surface area contributed by atoms with Crippen molar-refractivity contribution in [2.45, 2.75) is 0 Å². The minimum Gasteiger partial charge on any atom is -0.377 e. The third kappa shape index (κ3) is 1.37. The van der Waals surface area contributed by atoms with Gasteiger partial charge in [-0.1, -0.05) is 60.7 Å². The molecule has 0 fully saturated rings. The van der Waals surface area contributed by atoms with Crippen LogP contribution in [0.4, 0.5) is 0 Å². The van der Waals surface area contributed by atoms with Crippen molar-refractivity contribution in [2.75, 3.05) is 0 Å². The summed E-state index contributed by atoms with van der Waals surface area (Å²) in [6.45, 7) is 0. The number of benzene rings is 2. The summed E-state index contributed by atoms with van der Waals surface area (Å²) in [5.74, 6) is 0. The van der Waals surface area contributed by atoms with Crippen LogP contribution in [0.25, 0.3) is 12.2 Å². The Labute approximate surface area is 94.7 Å². The Morgan fingerprint density at radius 2 is 1.06 bits per heavy atom. The summed E-state index contributed by atoms with van der Waals surface area (Å²) >= 11 is 0.